The second-order valence-electron chi connectivity index (χ2n) is 4.13. The maximum atomic E-state index is 5.76. The van der Waals surface area contributed by atoms with E-state index in [9.17, 15) is 0 Å². The van der Waals surface area contributed by atoms with Crippen LogP contribution in [0.4, 0.5) is 0 Å². The van der Waals surface area contributed by atoms with Crippen molar-refractivity contribution in [3.05, 3.63) is 42.4 Å². The Morgan fingerprint density at radius 1 is 1.21 bits per heavy atom. The van der Waals surface area contributed by atoms with Crippen molar-refractivity contribution in [1.82, 2.24) is 19.7 Å². The van der Waals surface area contributed by atoms with E-state index in [0.717, 1.165) is 16.6 Å². The van der Waals surface area contributed by atoms with Gasteiger partial charge in [-0.1, -0.05) is 12.1 Å². The zero-order chi connectivity index (χ0) is 13.2. The summed E-state index contributed by atoms with van der Waals surface area (Å²) in [5.74, 6) is 1.21. The molecule has 0 fully saturated rings. The van der Waals surface area contributed by atoms with Gasteiger partial charge in [0.25, 0.3) is 0 Å². The Morgan fingerprint density at radius 2 is 2.00 bits per heavy atom. The molecular formula is C13H13N5O. The third kappa shape index (κ3) is 2.13. The van der Waals surface area contributed by atoms with Gasteiger partial charge in [-0.25, -0.2) is 9.97 Å². The highest BCUT2D eigenvalue weighted by atomic mass is 16.5. The summed E-state index contributed by atoms with van der Waals surface area (Å²) < 4.78 is 7.44. The summed E-state index contributed by atoms with van der Waals surface area (Å²) in [5, 5.41) is 4.93. The van der Waals surface area contributed by atoms with Crippen molar-refractivity contribution < 1.29 is 4.74 Å². The van der Waals surface area contributed by atoms with Crippen molar-refractivity contribution in [2.75, 3.05) is 0 Å². The lowest BCUT2D eigenvalue weighted by atomic mass is 10.2. The maximum Gasteiger partial charge on any atom is 0.233 e. The third-order valence-electron chi connectivity index (χ3n) is 2.87. The molecule has 6 nitrogen and oxygen atoms in total. The summed E-state index contributed by atoms with van der Waals surface area (Å²) >= 11 is 0. The highest BCUT2D eigenvalue weighted by Gasteiger charge is 2.09. The lowest BCUT2D eigenvalue weighted by Gasteiger charge is -2.05. The summed E-state index contributed by atoms with van der Waals surface area (Å²) in [6.07, 6.45) is 3.16. The van der Waals surface area contributed by atoms with Crippen LogP contribution in [-0.4, -0.2) is 19.7 Å². The second-order valence-corrected chi connectivity index (χ2v) is 4.13. The van der Waals surface area contributed by atoms with Gasteiger partial charge < -0.3 is 10.5 Å². The minimum atomic E-state index is 0.499. The van der Waals surface area contributed by atoms with E-state index in [2.05, 4.69) is 15.1 Å². The Bertz CT molecular complexity index is 705. The summed E-state index contributed by atoms with van der Waals surface area (Å²) in [6, 6.07) is 7.59. The van der Waals surface area contributed by atoms with Crippen LogP contribution in [0.5, 0.6) is 11.6 Å². The Kier molecular flexibility index (Phi) is 2.85. The van der Waals surface area contributed by atoms with Gasteiger partial charge in [-0.15, -0.1) is 0 Å². The first-order chi connectivity index (χ1) is 9.28. The van der Waals surface area contributed by atoms with Crippen LogP contribution in [0.3, 0.4) is 0 Å². The predicted molar refractivity (Wildman–Crippen MR) is 70.7 cm³/mol. The molecule has 1 aromatic carbocycles. The first kappa shape index (κ1) is 11.6. The van der Waals surface area contributed by atoms with Crippen LogP contribution >= 0.6 is 0 Å². The van der Waals surface area contributed by atoms with Crippen LogP contribution in [0.2, 0.25) is 0 Å². The Balaban J connectivity index is 1.96. The summed E-state index contributed by atoms with van der Waals surface area (Å²) in [7, 11) is 1.83. The van der Waals surface area contributed by atoms with Gasteiger partial charge in [-0.3, -0.25) is 4.68 Å². The van der Waals surface area contributed by atoms with Crippen molar-refractivity contribution in [3.63, 3.8) is 0 Å². The minimum absolute atomic E-state index is 0.499. The lowest BCUT2D eigenvalue weighted by Crippen LogP contribution is -1.96. The van der Waals surface area contributed by atoms with E-state index >= 15 is 0 Å². The fraction of sp³-hybridized carbons (Fsp3) is 0.154. The van der Waals surface area contributed by atoms with Crippen LogP contribution in [0, 0.1) is 0 Å². The molecule has 2 heterocycles. The molecule has 0 saturated carbocycles. The average Bonchev–Trinajstić information content (AvgIpc) is 2.83. The van der Waals surface area contributed by atoms with Gasteiger partial charge in [0.1, 0.15) is 17.5 Å². The molecule has 0 atom stereocenters. The fourth-order valence-electron chi connectivity index (χ4n) is 1.83. The number of nitrogens with two attached hydrogens (primary N) is 1. The molecule has 0 bridgehead atoms. The molecule has 0 aliphatic rings. The van der Waals surface area contributed by atoms with Crippen molar-refractivity contribution >= 4 is 11.0 Å². The molecule has 0 amide bonds. The van der Waals surface area contributed by atoms with Crippen LogP contribution < -0.4 is 10.5 Å². The average molecular weight is 255 g/mol. The smallest absolute Gasteiger partial charge is 0.233 e. The van der Waals surface area contributed by atoms with Gasteiger partial charge >= 0.3 is 0 Å². The summed E-state index contributed by atoms with van der Waals surface area (Å²) in [4.78, 5) is 8.31. The number of hydrogen-bond acceptors (Lipinski definition) is 5. The number of nitrogens with zero attached hydrogens (tertiary/aromatic N) is 4. The number of rotatable bonds is 3. The molecule has 2 N–H and O–H groups in total. The number of fused-ring (bicyclic) bond motifs is 1. The molecule has 0 spiro atoms. The molecule has 19 heavy (non-hydrogen) atoms. The van der Waals surface area contributed by atoms with Crippen LogP contribution in [0.15, 0.2) is 36.8 Å². The van der Waals surface area contributed by atoms with E-state index in [1.54, 1.807) is 10.9 Å². The second kappa shape index (κ2) is 4.66. The molecule has 2 aromatic heterocycles. The summed E-state index contributed by atoms with van der Waals surface area (Å²) in [5.41, 5.74) is 7.35. The number of benzene rings is 1. The highest BCUT2D eigenvalue weighted by Crippen LogP contribution is 2.26. The first-order valence-electron chi connectivity index (χ1n) is 5.87. The van der Waals surface area contributed by atoms with E-state index in [-0.39, 0.29) is 0 Å². The van der Waals surface area contributed by atoms with Gasteiger partial charge in [-0.2, -0.15) is 5.10 Å². The zero-order valence-electron chi connectivity index (χ0n) is 10.4. The van der Waals surface area contributed by atoms with E-state index in [0.29, 0.717) is 18.2 Å². The van der Waals surface area contributed by atoms with Crippen molar-refractivity contribution in [2.24, 2.45) is 12.8 Å². The first-order valence-corrected chi connectivity index (χ1v) is 5.87. The van der Waals surface area contributed by atoms with Gasteiger partial charge in [0.2, 0.25) is 5.88 Å². The molecular weight excluding hydrogens is 242 g/mol. The number of hydrogen-bond donors (Lipinski definition) is 1. The molecule has 0 aliphatic heterocycles. The molecule has 3 rings (SSSR count). The maximum absolute atomic E-state index is 5.76. The third-order valence-corrected chi connectivity index (χ3v) is 2.87. The van der Waals surface area contributed by atoms with E-state index < -0.39 is 0 Å². The predicted octanol–water partition coefficient (Wildman–Crippen LogP) is 1.61. The minimum Gasteiger partial charge on any atom is -0.438 e. The highest BCUT2D eigenvalue weighted by molar-refractivity contribution is 5.79. The fourth-order valence-corrected chi connectivity index (χ4v) is 1.83. The van der Waals surface area contributed by atoms with Crippen molar-refractivity contribution in [3.8, 4) is 11.6 Å². The standard InChI is InChI=1S/C13H13N5O/c1-18-12-11(7-17-18)13(16-8-15-12)19-10-4-2-9(6-14)3-5-10/h2-5,7-8H,6,14H2,1H3. The zero-order valence-corrected chi connectivity index (χ0v) is 10.4. The van der Waals surface area contributed by atoms with E-state index in [1.165, 1.54) is 6.33 Å². The molecule has 3 aromatic rings. The van der Waals surface area contributed by atoms with Gasteiger partial charge in [0.15, 0.2) is 5.65 Å². The van der Waals surface area contributed by atoms with Crippen molar-refractivity contribution in [1.29, 1.82) is 0 Å². The quantitative estimate of drug-likeness (QED) is 0.769. The number of ether oxygens (including phenoxy) is 1. The topological polar surface area (TPSA) is 78.9 Å². The number of aromatic nitrogens is 4. The Labute approximate surface area is 109 Å². The van der Waals surface area contributed by atoms with Gasteiger partial charge in [-0.05, 0) is 17.7 Å². The lowest BCUT2D eigenvalue weighted by molar-refractivity contribution is 0.468. The number of aryl methyl sites for hydroxylation is 1. The molecule has 6 heteroatoms. The van der Waals surface area contributed by atoms with E-state index in [1.807, 2.05) is 31.3 Å². The molecule has 0 unspecified atom stereocenters. The van der Waals surface area contributed by atoms with Crippen LogP contribution in [0.25, 0.3) is 11.0 Å². The van der Waals surface area contributed by atoms with Gasteiger partial charge in [0.05, 0.1) is 6.20 Å². The molecule has 96 valence electrons. The summed E-state index contributed by atoms with van der Waals surface area (Å²) in [6.45, 7) is 0.515. The Hall–Kier alpha value is -2.47. The Morgan fingerprint density at radius 3 is 2.74 bits per heavy atom. The monoisotopic (exact) mass is 255 g/mol. The van der Waals surface area contributed by atoms with Crippen LogP contribution in [-0.2, 0) is 13.6 Å². The largest absolute Gasteiger partial charge is 0.438 e. The molecule has 0 radical (unpaired) electrons. The molecule has 0 aliphatic carbocycles. The normalized spacial score (nSPS) is 10.8. The molecule has 0 saturated heterocycles. The van der Waals surface area contributed by atoms with E-state index in [4.69, 9.17) is 10.5 Å². The van der Waals surface area contributed by atoms with Crippen molar-refractivity contribution in [2.45, 2.75) is 6.54 Å². The van der Waals surface area contributed by atoms with Crippen LogP contribution in [0.1, 0.15) is 5.56 Å². The SMILES string of the molecule is Cn1ncc2c(Oc3ccc(CN)cc3)ncnc21. The van der Waals surface area contributed by atoms with Gasteiger partial charge in [0, 0.05) is 13.6 Å².